The molecule has 2 aromatic heterocycles. The van der Waals surface area contributed by atoms with Crippen molar-refractivity contribution in [3.63, 3.8) is 0 Å². The summed E-state index contributed by atoms with van der Waals surface area (Å²) in [5.41, 5.74) is 1.66. The number of anilines is 2. The van der Waals surface area contributed by atoms with E-state index < -0.39 is 0 Å². The zero-order valence-corrected chi connectivity index (χ0v) is 15.9. The first-order valence-electron chi connectivity index (χ1n) is 9.87. The number of hydrogen-bond acceptors (Lipinski definition) is 5. The molecule has 2 aromatic rings. The molecule has 2 saturated heterocycles. The van der Waals surface area contributed by atoms with Gasteiger partial charge in [0, 0.05) is 45.5 Å². The molecule has 0 saturated carbocycles. The van der Waals surface area contributed by atoms with Crippen LogP contribution >= 0.6 is 0 Å². The van der Waals surface area contributed by atoms with Crippen LogP contribution in [0.2, 0.25) is 0 Å². The average Bonchev–Trinajstić information content (AvgIpc) is 2.74. The Morgan fingerprint density at radius 2 is 1.85 bits per heavy atom. The lowest BCUT2D eigenvalue weighted by molar-refractivity contribution is 0.0740. The Bertz CT molecular complexity index is 756. The molecule has 27 heavy (non-hydrogen) atoms. The molecular weight excluding hydrogens is 338 g/mol. The summed E-state index contributed by atoms with van der Waals surface area (Å²) >= 11 is 0. The van der Waals surface area contributed by atoms with E-state index in [2.05, 4.69) is 26.7 Å². The lowest BCUT2D eigenvalue weighted by Crippen LogP contribution is -2.49. The van der Waals surface area contributed by atoms with Crippen molar-refractivity contribution in [1.82, 2.24) is 14.9 Å². The van der Waals surface area contributed by atoms with E-state index in [1.807, 2.05) is 41.4 Å². The van der Waals surface area contributed by atoms with E-state index in [1.165, 1.54) is 12.8 Å². The first-order valence-corrected chi connectivity index (χ1v) is 9.87. The Labute approximate surface area is 160 Å². The van der Waals surface area contributed by atoms with Gasteiger partial charge in [0.1, 0.15) is 11.5 Å². The van der Waals surface area contributed by atoms with E-state index in [0.717, 1.165) is 43.6 Å². The van der Waals surface area contributed by atoms with Gasteiger partial charge < -0.3 is 14.7 Å². The molecule has 6 nitrogen and oxygen atoms in total. The van der Waals surface area contributed by atoms with Gasteiger partial charge in [-0.1, -0.05) is 13.0 Å². The fraction of sp³-hybridized carbons (Fsp3) is 0.476. The average molecular weight is 365 g/mol. The molecule has 2 aliphatic heterocycles. The third kappa shape index (κ3) is 4.04. The lowest BCUT2D eigenvalue weighted by Gasteiger charge is -2.35. The Balaban J connectivity index is 1.36. The third-order valence-corrected chi connectivity index (χ3v) is 5.53. The van der Waals surface area contributed by atoms with Crippen LogP contribution in [0.4, 0.5) is 11.5 Å². The first-order chi connectivity index (χ1) is 13.2. The van der Waals surface area contributed by atoms with Gasteiger partial charge in [-0.15, -0.1) is 0 Å². The minimum atomic E-state index is 0.0224. The number of carbonyl (C=O) groups is 1. The highest BCUT2D eigenvalue weighted by Crippen LogP contribution is 2.22. The van der Waals surface area contributed by atoms with Crippen LogP contribution in [-0.2, 0) is 0 Å². The molecule has 0 radical (unpaired) electrons. The summed E-state index contributed by atoms with van der Waals surface area (Å²) in [7, 11) is 0. The van der Waals surface area contributed by atoms with Crippen molar-refractivity contribution < 1.29 is 4.79 Å². The van der Waals surface area contributed by atoms with Gasteiger partial charge in [-0.2, -0.15) is 0 Å². The summed E-state index contributed by atoms with van der Waals surface area (Å²) in [5, 5.41) is 0. The minimum absolute atomic E-state index is 0.0224. The van der Waals surface area contributed by atoms with Crippen molar-refractivity contribution in [1.29, 1.82) is 0 Å². The van der Waals surface area contributed by atoms with Crippen LogP contribution in [0.25, 0.3) is 0 Å². The van der Waals surface area contributed by atoms with Gasteiger partial charge in [0.25, 0.3) is 5.91 Å². The van der Waals surface area contributed by atoms with E-state index >= 15 is 0 Å². The molecule has 2 fully saturated rings. The molecule has 6 heteroatoms. The monoisotopic (exact) mass is 365 g/mol. The number of nitrogens with zero attached hydrogens (tertiary/aromatic N) is 5. The van der Waals surface area contributed by atoms with Crippen molar-refractivity contribution in [3.05, 3.63) is 48.4 Å². The van der Waals surface area contributed by atoms with Gasteiger partial charge in [0.2, 0.25) is 0 Å². The SMILES string of the molecule is CC1CCCN(c2ccc(C(=O)N3CCN(c4ccccn4)CC3)nc2)C1. The molecule has 0 spiro atoms. The molecule has 1 amide bonds. The minimum Gasteiger partial charge on any atom is -0.370 e. The van der Waals surface area contributed by atoms with Crippen molar-refractivity contribution in [2.45, 2.75) is 19.8 Å². The molecule has 0 aromatic carbocycles. The van der Waals surface area contributed by atoms with Crippen molar-refractivity contribution in [2.75, 3.05) is 49.1 Å². The van der Waals surface area contributed by atoms with Crippen molar-refractivity contribution >= 4 is 17.4 Å². The largest absolute Gasteiger partial charge is 0.370 e. The zero-order valence-electron chi connectivity index (χ0n) is 15.9. The maximum atomic E-state index is 12.8. The Morgan fingerprint density at radius 3 is 2.52 bits per heavy atom. The Kier molecular flexibility index (Phi) is 5.23. The molecule has 1 atom stereocenters. The number of aromatic nitrogens is 2. The molecule has 0 bridgehead atoms. The van der Waals surface area contributed by atoms with E-state index in [1.54, 1.807) is 6.20 Å². The van der Waals surface area contributed by atoms with Crippen LogP contribution in [0.5, 0.6) is 0 Å². The van der Waals surface area contributed by atoms with E-state index in [4.69, 9.17) is 0 Å². The topological polar surface area (TPSA) is 52.6 Å². The second kappa shape index (κ2) is 7.94. The van der Waals surface area contributed by atoms with E-state index in [0.29, 0.717) is 18.8 Å². The van der Waals surface area contributed by atoms with Crippen LogP contribution in [0.3, 0.4) is 0 Å². The standard InChI is InChI=1S/C21H27N5O/c1-17-5-4-10-26(16-17)18-7-8-19(23-15-18)21(27)25-13-11-24(12-14-25)20-6-2-3-9-22-20/h2-3,6-9,15,17H,4-5,10-14,16H2,1H3. The van der Waals surface area contributed by atoms with E-state index in [-0.39, 0.29) is 5.91 Å². The quantitative estimate of drug-likeness (QED) is 0.837. The molecule has 4 rings (SSSR count). The molecule has 1 unspecified atom stereocenters. The number of carbonyl (C=O) groups excluding carboxylic acids is 1. The van der Waals surface area contributed by atoms with Crippen LogP contribution in [0, 0.1) is 5.92 Å². The molecule has 2 aliphatic rings. The predicted octanol–water partition coefficient (Wildman–Crippen LogP) is 2.68. The van der Waals surface area contributed by atoms with Gasteiger partial charge in [-0.25, -0.2) is 9.97 Å². The number of pyridine rings is 2. The highest BCUT2D eigenvalue weighted by atomic mass is 16.2. The summed E-state index contributed by atoms with van der Waals surface area (Å²) < 4.78 is 0. The maximum absolute atomic E-state index is 12.8. The second-order valence-corrected chi connectivity index (χ2v) is 7.56. The number of piperazine rings is 1. The zero-order chi connectivity index (χ0) is 18.6. The van der Waals surface area contributed by atoms with Crippen molar-refractivity contribution in [3.8, 4) is 0 Å². The second-order valence-electron chi connectivity index (χ2n) is 7.56. The third-order valence-electron chi connectivity index (χ3n) is 5.53. The van der Waals surface area contributed by atoms with Gasteiger partial charge in [-0.3, -0.25) is 4.79 Å². The summed E-state index contributed by atoms with van der Waals surface area (Å²) in [6.07, 6.45) is 6.18. The van der Waals surface area contributed by atoms with Crippen LogP contribution in [-0.4, -0.2) is 60.0 Å². The predicted molar refractivity (Wildman–Crippen MR) is 107 cm³/mol. The van der Waals surface area contributed by atoms with Gasteiger partial charge >= 0.3 is 0 Å². The molecule has 0 N–H and O–H groups in total. The first kappa shape index (κ1) is 17.8. The number of rotatable bonds is 3. The van der Waals surface area contributed by atoms with Crippen LogP contribution in [0.1, 0.15) is 30.3 Å². The molecule has 4 heterocycles. The number of hydrogen-bond donors (Lipinski definition) is 0. The maximum Gasteiger partial charge on any atom is 0.272 e. The molecular formula is C21H27N5O. The smallest absolute Gasteiger partial charge is 0.272 e. The normalized spacial score (nSPS) is 20.6. The lowest BCUT2D eigenvalue weighted by atomic mass is 10.00. The summed E-state index contributed by atoms with van der Waals surface area (Å²) in [4.78, 5) is 28.2. The Hall–Kier alpha value is -2.63. The highest BCUT2D eigenvalue weighted by molar-refractivity contribution is 5.92. The van der Waals surface area contributed by atoms with Crippen LogP contribution in [0.15, 0.2) is 42.7 Å². The fourth-order valence-corrected chi connectivity index (χ4v) is 3.96. The molecule has 142 valence electrons. The summed E-state index contributed by atoms with van der Waals surface area (Å²) in [6.45, 7) is 7.44. The summed E-state index contributed by atoms with van der Waals surface area (Å²) in [6, 6.07) is 9.85. The van der Waals surface area contributed by atoms with Gasteiger partial charge in [0.05, 0.1) is 11.9 Å². The summed E-state index contributed by atoms with van der Waals surface area (Å²) in [5.74, 6) is 1.72. The van der Waals surface area contributed by atoms with Gasteiger partial charge in [-0.05, 0) is 43.0 Å². The molecule has 0 aliphatic carbocycles. The Morgan fingerprint density at radius 1 is 1.00 bits per heavy atom. The number of piperidine rings is 1. The number of amides is 1. The van der Waals surface area contributed by atoms with Crippen LogP contribution < -0.4 is 9.80 Å². The highest BCUT2D eigenvalue weighted by Gasteiger charge is 2.24. The fourth-order valence-electron chi connectivity index (χ4n) is 3.96. The van der Waals surface area contributed by atoms with Gasteiger partial charge in [0.15, 0.2) is 0 Å². The van der Waals surface area contributed by atoms with Crippen molar-refractivity contribution in [2.24, 2.45) is 5.92 Å². The van der Waals surface area contributed by atoms with E-state index in [9.17, 15) is 4.79 Å².